The Morgan fingerprint density at radius 2 is 2.25 bits per heavy atom. The fraction of sp³-hybridized carbons (Fsp3) is 0.364. The highest BCUT2D eigenvalue weighted by molar-refractivity contribution is 5.95. The fourth-order valence-electron chi connectivity index (χ4n) is 1.79. The lowest BCUT2D eigenvalue weighted by Crippen LogP contribution is -2.19. The molecule has 1 heterocycles. The predicted octanol–water partition coefficient (Wildman–Crippen LogP) is 0.558. The van der Waals surface area contributed by atoms with E-state index >= 15 is 0 Å². The van der Waals surface area contributed by atoms with E-state index in [0.29, 0.717) is 18.7 Å². The number of fused-ring (bicyclic) bond motifs is 1. The maximum Gasteiger partial charge on any atom is 0.224 e. The van der Waals surface area contributed by atoms with E-state index in [9.17, 15) is 4.79 Å². The first-order chi connectivity index (χ1) is 7.70. The number of aliphatic hydroxyl groups is 1. The maximum absolute atomic E-state index is 11.2. The van der Waals surface area contributed by atoms with Crippen molar-refractivity contribution in [1.82, 2.24) is 0 Å². The van der Waals surface area contributed by atoms with Gasteiger partial charge in [0, 0.05) is 18.7 Å². The number of carbonyl (C=O) groups is 1. The fourth-order valence-corrected chi connectivity index (χ4v) is 1.79. The molecule has 5 heteroatoms. The monoisotopic (exact) mass is 221 g/mol. The van der Waals surface area contributed by atoms with Crippen LogP contribution in [0.5, 0.6) is 0 Å². The molecule has 0 spiro atoms. The van der Waals surface area contributed by atoms with Gasteiger partial charge >= 0.3 is 0 Å². The topological polar surface area (TPSA) is 87.4 Å². The van der Waals surface area contributed by atoms with Crippen molar-refractivity contribution in [2.75, 3.05) is 29.5 Å². The molecule has 0 saturated carbocycles. The van der Waals surface area contributed by atoms with Crippen LogP contribution < -0.4 is 16.4 Å². The summed E-state index contributed by atoms with van der Waals surface area (Å²) in [6.07, 6.45) is 1.24. The van der Waals surface area contributed by atoms with Crippen LogP contribution in [-0.2, 0) is 11.2 Å². The smallest absolute Gasteiger partial charge is 0.224 e. The molecule has 1 amide bonds. The highest BCUT2D eigenvalue weighted by Gasteiger charge is 2.16. The predicted molar refractivity (Wildman–Crippen MR) is 63.4 cm³/mol. The Hall–Kier alpha value is -1.75. The summed E-state index contributed by atoms with van der Waals surface area (Å²) in [7, 11) is 0. The summed E-state index contributed by atoms with van der Waals surface area (Å²) in [6, 6.07) is 3.69. The number of hydrogen-bond donors (Lipinski definition) is 4. The van der Waals surface area contributed by atoms with Crippen molar-refractivity contribution >= 4 is 23.0 Å². The average Bonchev–Trinajstić information content (AvgIpc) is 2.26. The van der Waals surface area contributed by atoms with E-state index in [4.69, 9.17) is 10.8 Å². The molecule has 0 saturated heterocycles. The van der Waals surface area contributed by atoms with Gasteiger partial charge in [-0.1, -0.05) is 0 Å². The van der Waals surface area contributed by atoms with Gasteiger partial charge in [0.1, 0.15) is 0 Å². The summed E-state index contributed by atoms with van der Waals surface area (Å²) in [5.41, 5.74) is 9.10. The number of nitrogens with two attached hydrogens (primary N) is 1. The molecule has 1 aromatic carbocycles. The third-order valence-corrected chi connectivity index (χ3v) is 2.60. The molecule has 86 valence electrons. The van der Waals surface area contributed by atoms with Gasteiger partial charge in [0.2, 0.25) is 5.91 Å². The Bertz CT molecular complexity index is 418. The van der Waals surface area contributed by atoms with Crippen molar-refractivity contribution in [3.63, 3.8) is 0 Å². The number of amides is 1. The van der Waals surface area contributed by atoms with Crippen molar-refractivity contribution < 1.29 is 9.90 Å². The summed E-state index contributed by atoms with van der Waals surface area (Å²) in [5, 5.41) is 14.6. The second-order valence-electron chi connectivity index (χ2n) is 3.80. The van der Waals surface area contributed by atoms with Crippen LogP contribution in [0.4, 0.5) is 17.1 Å². The molecule has 0 bridgehead atoms. The van der Waals surface area contributed by atoms with Crippen LogP contribution in [0.3, 0.4) is 0 Å². The van der Waals surface area contributed by atoms with Gasteiger partial charge in [-0.25, -0.2) is 0 Å². The van der Waals surface area contributed by atoms with Gasteiger partial charge in [-0.2, -0.15) is 0 Å². The number of aryl methyl sites for hydroxylation is 1. The molecule has 0 unspecified atom stereocenters. The zero-order valence-corrected chi connectivity index (χ0v) is 8.92. The van der Waals surface area contributed by atoms with Crippen molar-refractivity contribution in [2.45, 2.75) is 12.8 Å². The molecule has 0 fully saturated rings. The molecule has 0 radical (unpaired) electrons. The highest BCUT2D eigenvalue weighted by atomic mass is 16.3. The van der Waals surface area contributed by atoms with E-state index in [0.717, 1.165) is 23.4 Å². The number of hydrogen-bond acceptors (Lipinski definition) is 4. The molecule has 0 atom stereocenters. The summed E-state index contributed by atoms with van der Waals surface area (Å²) >= 11 is 0. The number of benzene rings is 1. The molecule has 1 aliphatic rings. The first-order valence-electron chi connectivity index (χ1n) is 5.27. The molecular formula is C11H15N3O2. The van der Waals surface area contributed by atoms with Gasteiger partial charge in [0.25, 0.3) is 0 Å². The van der Waals surface area contributed by atoms with Crippen LogP contribution in [0.2, 0.25) is 0 Å². The standard InChI is InChI=1S/C11H15N3O2/c12-8-6-9-7(1-2-11(16)14-9)5-10(8)13-3-4-15/h5-6,13,15H,1-4,12H2,(H,14,16). The summed E-state index contributed by atoms with van der Waals surface area (Å²) < 4.78 is 0. The number of rotatable bonds is 3. The van der Waals surface area contributed by atoms with Crippen molar-refractivity contribution in [2.24, 2.45) is 0 Å². The Labute approximate surface area is 93.6 Å². The molecular weight excluding hydrogens is 206 g/mol. The minimum atomic E-state index is 0.0305. The van der Waals surface area contributed by atoms with Crippen molar-refractivity contribution in [1.29, 1.82) is 0 Å². The normalized spacial score (nSPS) is 14.2. The lowest BCUT2D eigenvalue weighted by molar-refractivity contribution is -0.116. The van der Waals surface area contributed by atoms with Crippen LogP contribution >= 0.6 is 0 Å². The molecule has 5 N–H and O–H groups in total. The Morgan fingerprint density at radius 1 is 1.44 bits per heavy atom. The number of nitrogens with one attached hydrogen (secondary N) is 2. The SMILES string of the molecule is Nc1cc2c(cc1NCCO)CCC(=O)N2. The van der Waals surface area contributed by atoms with Crippen molar-refractivity contribution in [3.8, 4) is 0 Å². The largest absolute Gasteiger partial charge is 0.397 e. The lowest BCUT2D eigenvalue weighted by Gasteiger charge is -2.19. The second-order valence-corrected chi connectivity index (χ2v) is 3.80. The molecule has 0 aromatic heterocycles. The number of anilines is 3. The van der Waals surface area contributed by atoms with Crippen LogP contribution in [-0.4, -0.2) is 24.2 Å². The van der Waals surface area contributed by atoms with Crippen LogP contribution in [0, 0.1) is 0 Å². The Balaban J connectivity index is 2.27. The summed E-state index contributed by atoms with van der Waals surface area (Å²) in [6.45, 7) is 0.530. The third kappa shape index (κ3) is 2.09. The van der Waals surface area contributed by atoms with E-state index in [-0.39, 0.29) is 12.5 Å². The van der Waals surface area contributed by atoms with Gasteiger partial charge in [-0.15, -0.1) is 0 Å². The molecule has 0 aliphatic carbocycles. The first kappa shape index (κ1) is 10.8. The molecule has 2 rings (SSSR count). The van der Waals surface area contributed by atoms with Crippen LogP contribution in [0.25, 0.3) is 0 Å². The molecule has 16 heavy (non-hydrogen) atoms. The summed E-state index contributed by atoms with van der Waals surface area (Å²) in [4.78, 5) is 11.2. The first-order valence-corrected chi connectivity index (χ1v) is 5.27. The number of aliphatic hydroxyl groups excluding tert-OH is 1. The van der Waals surface area contributed by atoms with Crippen LogP contribution in [0.1, 0.15) is 12.0 Å². The van der Waals surface area contributed by atoms with E-state index in [2.05, 4.69) is 10.6 Å². The summed E-state index contributed by atoms with van der Waals surface area (Å²) in [5.74, 6) is 0.0305. The zero-order chi connectivity index (χ0) is 11.5. The number of nitrogen functional groups attached to an aromatic ring is 1. The van der Waals surface area contributed by atoms with Gasteiger partial charge in [-0.05, 0) is 24.1 Å². The maximum atomic E-state index is 11.2. The minimum absolute atomic E-state index is 0.0305. The van der Waals surface area contributed by atoms with E-state index in [1.54, 1.807) is 6.07 Å². The highest BCUT2D eigenvalue weighted by Crippen LogP contribution is 2.30. The van der Waals surface area contributed by atoms with Gasteiger partial charge < -0.3 is 21.5 Å². The number of carbonyl (C=O) groups excluding carboxylic acids is 1. The van der Waals surface area contributed by atoms with Crippen LogP contribution in [0.15, 0.2) is 12.1 Å². The molecule has 1 aromatic rings. The minimum Gasteiger partial charge on any atom is -0.397 e. The zero-order valence-electron chi connectivity index (χ0n) is 8.92. The quantitative estimate of drug-likeness (QED) is 0.562. The Morgan fingerprint density at radius 3 is 3.00 bits per heavy atom. The average molecular weight is 221 g/mol. The molecule has 5 nitrogen and oxygen atoms in total. The molecule has 1 aliphatic heterocycles. The third-order valence-electron chi connectivity index (χ3n) is 2.60. The van der Waals surface area contributed by atoms with Gasteiger partial charge in [0.15, 0.2) is 0 Å². The van der Waals surface area contributed by atoms with E-state index in [1.165, 1.54) is 0 Å². The lowest BCUT2D eigenvalue weighted by atomic mass is 10.0. The van der Waals surface area contributed by atoms with Crippen molar-refractivity contribution in [3.05, 3.63) is 17.7 Å². The van der Waals surface area contributed by atoms with Gasteiger partial charge in [0.05, 0.1) is 18.0 Å². The Kier molecular flexibility index (Phi) is 2.96. The van der Waals surface area contributed by atoms with Gasteiger partial charge in [-0.3, -0.25) is 4.79 Å². The van der Waals surface area contributed by atoms with E-state index < -0.39 is 0 Å². The van der Waals surface area contributed by atoms with E-state index in [1.807, 2.05) is 6.07 Å². The second kappa shape index (κ2) is 4.40.